The first kappa shape index (κ1) is 21.7. The normalized spacial score (nSPS) is 11.2. The Balaban J connectivity index is 1.82. The van der Waals surface area contributed by atoms with Crippen molar-refractivity contribution in [2.45, 2.75) is 13.3 Å². The molecule has 1 N–H and O–H groups in total. The highest BCUT2D eigenvalue weighted by Crippen LogP contribution is 2.23. The highest BCUT2D eigenvalue weighted by Gasteiger charge is 2.30. The van der Waals surface area contributed by atoms with E-state index in [-0.39, 0.29) is 11.5 Å². The van der Waals surface area contributed by atoms with Gasteiger partial charge in [-0.3, -0.25) is 9.59 Å². The summed E-state index contributed by atoms with van der Waals surface area (Å²) in [4.78, 5) is 34.8. The standard InChI is InChI=1S/C20H16F3NO5/c1-13(25)15-3-2-4-16(11-15)24-18(26)12-28-19(27)10-7-14-5-8-17(9-6-14)29-20(21,22)23/h2-11H,12H2,1H3,(H,24,26)/b10-7+. The van der Waals surface area contributed by atoms with Crippen molar-refractivity contribution in [2.75, 3.05) is 11.9 Å². The fraction of sp³-hybridized carbons (Fsp3) is 0.150. The van der Waals surface area contributed by atoms with Gasteiger partial charge in [0.25, 0.3) is 5.91 Å². The minimum atomic E-state index is -4.78. The third kappa shape index (κ3) is 7.87. The van der Waals surface area contributed by atoms with E-state index in [4.69, 9.17) is 4.74 Å². The lowest BCUT2D eigenvalue weighted by atomic mass is 10.1. The Bertz CT molecular complexity index is 920. The van der Waals surface area contributed by atoms with Gasteiger partial charge in [-0.1, -0.05) is 24.3 Å². The third-order valence-electron chi connectivity index (χ3n) is 3.42. The summed E-state index contributed by atoms with van der Waals surface area (Å²) in [5, 5.41) is 2.49. The van der Waals surface area contributed by atoms with E-state index in [9.17, 15) is 27.6 Å². The molecule has 152 valence electrons. The Morgan fingerprint density at radius 3 is 2.38 bits per heavy atom. The third-order valence-corrected chi connectivity index (χ3v) is 3.42. The number of esters is 1. The molecule has 0 aliphatic carbocycles. The minimum Gasteiger partial charge on any atom is -0.452 e. The summed E-state index contributed by atoms with van der Waals surface area (Å²) in [6, 6.07) is 11.1. The molecule has 0 aliphatic heterocycles. The summed E-state index contributed by atoms with van der Waals surface area (Å²) in [5.74, 6) is -1.95. The Hall–Kier alpha value is -3.62. The lowest BCUT2D eigenvalue weighted by molar-refractivity contribution is -0.274. The van der Waals surface area contributed by atoms with Crippen molar-refractivity contribution in [1.29, 1.82) is 0 Å². The topological polar surface area (TPSA) is 81.7 Å². The summed E-state index contributed by atoms with van der Waals surface area (Å²) in [5.41, 5.74) is 1.24. The number of benzene rings is 2. The van der Waals surface area contributed by atoms with Crippen molar-refractivity contribution < 1.29 is 37.0 Å². The molecule has 0 saturated carbocycles. The van der Waals surface area contributed by atoms with Crippen LogP contribution in [0.5, 0.6) is 5.75 Å². The van der Waals surface area contributed by atoms with Crippen molar-refractivity contribution in [3.8, 4) is 5.75 Å². The maximum absolute atomic E-state index is 12.1. The van der Waals surface area contributed by atoms with E-state index >= 15 is 0 Å². The zero-order chi connectivity index (χ0) is 21.4. The second-order valence-corrected chi connectivity index (χ2v) is 5.74. The van der Waals surface area contributed by atoms with Crippen LogP contribution in [0.1, 0.15) is 22.8 Å². The number of hydrogen-bond acceptors (Lipinski definition) is 5. The molecular formula is C20H16F3NO5. The Morgan fingerprint density at radius 2 is 1.76 bits per heavy atom. The van der Waals surface area contributed by atoms with E-state index in [0.717, 1.165) is 18.2 Å². The molecule has 0 heterocycles. The molecule has 0 radical (unpaired) electrons. The molecule has 0 saturated heterocycles. The quantitative estimate of drug-likeness (QED) is 0.427. The van der Waals surface area contributed by atoms with Gasteiger partial charge in [0.05, 0.1) is 0 Å². The molecule has 29 heavy (non-hydrogen) atoms. The minimum absolute atomic E-state index is 0.157. The van der Waals surface area contributed by atoms with E-state index in [1.54, 1.807) is 18.2 Å². The monoisotopic (exact) mass is 407 g/mol. The predicted molar refractivity (Wildman–Crippen MR) is 98.2 cm³/mol. The van der Waals surface area contributed by atoms with Gasteiger partial charge >= 0.3 is 12.3 Å². The highest BCUT2D eigenvalue weighted by molar-refractivity contribution is 5.98. The molecule has 0 bridgehead atoms. The van der Waals surface area contributed by atoms with Crippen LogP contribution in [0.4, 0.5) is 18.9 Å². The molecular weight excluding hydrogens is 391 g/mol. The lowest BCUT2D eigenvalue weighted by Gasteiger charge is -2.08. The molecule has 2 aromatic rings. The van der Waals surface area contributed by atoms with Gasteiger partial charge in [-0.05, 0) is 42.8 Å². The van der Waals surface area contributed by atoms with Crippen molar-refractivity contribution in [3.63, 3.8) is 0 Å². The molecule has 2 aromatic carbocycles. The summed E-state index contributed by atoms with van der Waals surface area (Å²) in [6.07, 6.45) is -2.44. The molecule has 0 fully saturated rings. The number of rotatable bonds is 7. The number of anilines is 1. The fourth-order valence-electron chi connectivity index (χ4n) is 2.14. The Labute approximate surface area is 163 Å². The van der Waals surface area contributed by atoms with Crippen LogP contribution in [0.15, 0.2) is 54.6 Å². The summed E-state index contributed by atoms with van der Waals surface area (Å²) >= 11 is 0. The molecule has 0 aliphatic rings. The molecule has 0 aromatic heterocycles. The average molecular weight is 407 g/mol. The van der Waals surface area contributed by atoms with Crippen LogP contribution < -0.4 is 10.1 Å². The number of Topliss-reactive ketones (excluding diaryl/α,β-unsaturated/α-hetero) is 1. The first-order valence-electron chi connectivity index (χ1n) is 8.24. The first-order chi connectivity index (χ1) is 13.6. The van der Waals surface area contributed by atoms with E-state index in [1.165, 1.54) is 31.2 Å². The smallest absolute Gasteiger partial charge is 0.452 e. The summed E-state index contributed by atoms with van der Waals surface area (Å²) in [6.45, 7) is 0.845. The first-order valence-corrected chi connectivity index (χ1v) is 8.24. The lowest BCUT2D eigenvalue weighted by Crippen LogP contribution is -2.20. The van der Waals surface area contributed by atoms with Crippen molar-refractivity contribution >= 4 is 29.4 Å². The number of halogens is 3. The van der Waals surface area contributed by atoms with Gasteiger partial charge in [0.2, 0.25) is 0 Å². The zero-order valence-electron chi connectivity index (χ0n) is 15.2. The molecule has 9 heteroatoms. The van der Waals surface area contributed by atoms with E-state index in [1.807, 2.05) is 0 Å². The highest BCUT2D eigenvalue weighted by atomic mass is 19.4. The number of nitrogens with one attached hydrogen (secondary N) is 1. The van der Waals surface area contributed by atoms with Gasteiger partial charge in [-0.15, -0.1) is 13.2 Å². The summed E-state index contributed by atoms with van der Waals surface area (Å²) in [7, 11) is 0. The molecule has 2 rings (SSSR count). The number of hydrogen-bond donors (Lipinski definition) is 1. The summed E-state index contributed by atoms with van der Waals surface area (Å²) < 4.78 is 44.8. The average Bonchev–Trinajstić information content (AvgIpc) is 2.65. The zero-order valence-corrected chi connectivity index (χ0v) is 15.2. The second-order valence-electron chi connectivity index (χ2n) is 5.74. The van der Waals surface area contributed by atoms with Gasteiger partial charge in [-0.25, -0.2) is 4.79 Å². The molecule has 1 amide bonds. The van der Waals surface area contributed by atoms with Crippen molar-refractivity contribution in [2.24, 2.45) is 0 Å². The predicted octanol–water partition coefficient (Wildman–Crippen LogP) is 3.98. The van der Waals surface area contributed by atoms with Gasteiger partial charge in [0, 0.05) is 17.3 Å². The fourth-order valence-corrected chi connectivity index (χ4v) is 2.14. The van der Waals surface area contributed by atoms with Crippen molar-refractivity contribution in [3.05, 3.63) is 65.7 Å². The number of ketones is 1. The number of alkyl halides is 3. The van der Waals surface area contributed by atoms with Crippen LogP contribution in [0.25, 0.3) is 6.08 Å². The van der Waals surface area contributed by atoms with Crippen LogP contribution in [-0.4, -0.2) is 30.6 Å². The molecule has 0 spiro atoms. The number of carbonyl (C=O) groups is 3. The Morgan fingerprint density at radius 1 is 1.07 bits per heavy atom. The molecule has 6 nitrogen and oxygen atoms in total. The van der Waals surface area contributed by atoms with Crippen LogP contribution in [-0.2, 0) is 14.3 Å². The van der Waals surface area contributed by atoms with Crippen LogP contribution >= 0.6 is 0 Å². The Kier molecular flexibility index (Phi) is 7.13. The van der Waals surface area contributed by atoms with E-state index in [2.05, 4.69) is 10.1 Å². The molecule has 0 unspecified atom stereocenters. The van der Waals surface area contributed by atoms with Crippen LogP contribution in [0, 0.1) is 0 Å². The van der Waals surface area contributed by atoms with Gasteiger partial charge in [-0.2, -0.15) is 0 Å². The maximum Gasteiger partial charge on any atom is 0.573 e. The number of ether oxygens (including phenoxy) is 2. The maximum atomic E-state index is 12.1. The number of carbonyl (C=O) groups excluding carboxylic acids is 3. The largest absolute Gasteiger partial charge is 0.573 e. The van der Waals surface area contributed by atoms with Gasteiger partial charge < -0.3 is 14.8 Å². The van der Waals surface area contributed by atoms with Gasteiger partial charge in [0.15, 0.2) is 12.4 Å². The van der Waals surface area contributed by atoms with Crippen molar-refractivity contribution in [1.82, 2.24) is 0 Å². The number of amides is 1. The van der Waals surface area contributed by atoms with Crippen LogP contribution in [0.2, 0.25) is 0 Å². The van der Waals surface area contributed by atoms with E-state index < -0.39 is 24.8 Å². The molecule has 0 atom stereocenters. The van der Waals surface area contributed by atoms with Gasteiger partial charge in [0.1, 0.15) is 5.75 Å². The SMILES string of the molecule is CC(=O)c1cccc(NC(=O)COC(=O)/C=C/c2ccc(OC(F)(F)F)cc2)c1. The second kappa shape index (κ2) is 9.54. The van der Waals surface area contributed by atoms with Crippen LogP contribution in [0.3, 0.4) is 0 Å². The van der Waals surface area contributed by atoms with E-state index in [0.29, 0.717) is 16.8 Å².